The van der Waals surface area contributed by atoms with Crippen LogP contribution < -0.4 is 9.47 Å². The maximum atomic E-state index is 13.2. The molecule has 1 amide bonds. The highest BCUT2D eigenvalue weighted by atomic mass is 16.6. The Morgan fingerprint density at radius 3 is 2.46 bits per heavy atom. The van der Waals surface area contributed by atoms with E-state index in [4.69, 9.17) is 14.2 Å². The summed E-state index contributed by atoms with van der Waals surface area (Å²) in [4.78, 5) is 25.8. The molecule has 2 aliphatic heterocycles. The van der Waals surface area contributed by atoms with Gasteiger partial charge in [0.15, 0.2) is 11.5 Å². The van der Waals surface area contributed by atoms with Gasteiger partial charge in [-0.15, -0.1) is 0 Å². The van der Waals surface area contributed by atoms with Crippen molar-refractivity contribution in [3.05, 3.63) is 63.7 Å². The fourth-order valence-electron chi connectivity index (χ4n) is 3.54. The summed E-state index contributed by atoms with van der Waals surface area (Å²) in [6.45, 7) is 3.21. The van der Waals surface area contributed by atoms with E-state index in [-0.39, 0.29) is 29.2 Å². The molecule has 2 heterocycles. The molecule has 2 atom stereocenters. The van der Waals surface area contributed by atoms with Crippen LogP contribution in [0.4, 0.5) is 5.69 Å². The predicted molar refractivity (Wildman–Crippen MR) is 99.7 cm³/mol. The number of nitrogens with zero attached hydrogens (tertiary/aromatic N) is 2. The van der Waals surface area contributed by atoms with E-state index in [1.54, 1.807) is 4.90 Å². The number of rotatable bonds is 3. The SMILES string of the molecule is C[C@@H]1CN(C(=O)c2cc3c(cc2[N+](=O)[O-])OCCO3)C[C@@H](c2ccccc2)O1. The lowest BCUT2D eigenvalue weighted by molar-refractivity contribution is -0.385. The lowest BCUT2D eigenvalue weighted by Gasteiger charge is -2.37. The summed E-state index contributed by atoms with van der Waals surface area (Å²) in [7, 11) is 0. The predicted octanol–water partition coefficient (Wildman–Crippen LogP) is 2.97. The van der Waals surface area contributed by atoms with Crippen molar-refractivity contribution in [2.45, 2.75) is 19.1 Å². The normalized spacial score (nSPS) is 21.2. The van der Waals surface area contributed by atoms with Crippen molar-refractivity contribution in [1.82, 2.24) is 4.90 Å². The van der Waals surface area contributed by atoms with Gasteiger partial charge in [0.05, 0.1) is 23.6 Å². The number of ether oxygens (including phenoxy) is 3. The summed E-state index contributed by atoms with van der Waals surface area (Å²) in [5, 5.41) is 11.6. The zero-order valence-electron chi connectivity index (χ0n) is 15.4. The first-order valence-corrected chi connectivity index (χ1v) is 9.10. The molecule has 2 aromatic rings. The minimum Gasteiger partial charge on any atom is -0.486 e. The van der Waals surface area contributed by atoms with Crippen molar-refractivity contribution in [2.75, 3.05) is 26.3 Å². The summed E-state index contributed by atoms with van der Waals surface area (Å²) in [6, 6.07) is 12.3. The second-order valence-corrected chi connectivity index (χ2v) is 6.83. The Hall–Kier alpha value is -3.13. The van der Waals surface area contributed by atoms with Crippen LogP contribution in [0.5, 0.6) is 11.5 Å². The number of hydrogen-bond donors (Lipinski definition) is 0. The van der Waals surface area contributed by atoms with Crippen LogP contribution in [0.3, 0.4) is 0 Å². The lowest BCUT2D eigenvalue weighted by Crippen LogP contribution is -2.46. The fourth-order valence-corrected chi connectivity index (χ4v) is 3.54. The summed E-state index contributed by atoms with van der Waals surface area (Å²) in [5.41, 5.74) is 0.670. The largest absolute Gasteiger partial charge is 0.486 e. The summed E-state index contributed by atoms with van der Waals surface area (Å²) >= 11 is 0. The van der Waals surface area contributed by atoms with Crippen molar-refractivity contribution < 1.29 is 23.9 Å². The zero-order chi connectivity index (χ0) is 19.7. The van der Waals surface area contributed by atoms with E-state index in [1.165, 1.54) is 12.1 Å². The van der Waals surface area contributed by atoms with Crippen molar-refractivity contribution in [2.24, 2.45) is 0 Å². The average Bonchev–Trinajstić information content (AvgIpc) is 2.72. The van der Waals surface area contributed by atoms with Gasteiger partial charge in [0.1, 0.15) is 24.9 Å². The monoisotopic (exact) mass is 384 g/mol. The van der Waals surface area contributed by atoms with Gasteiger partial charge in [0, 0.05) is 12.6 Å². The third-order valence-corrected chi connectivity index (χ3v) is 4.81. The zero-order valence-corrected chi connectivity index (χ0v) is 15.4. The van der Waals surface area contributed by atoms with E-state index in [0.29, 0.717) is 32.1 Å². The maximum absolute atomic E-state index is 13.2. The highest BCUT2D eigenvalue weighted by Crippen LogP contribution is 2.37. The highest BCUT2D eigenvalue weighted by Gasteiger charge is 2.34. The molecule has 0 bridgehead atoms. The van der Waals surface area contributed by atoms with Gasteiger partial charge in [-0.3, -0.25) is 14.9 Å². The Balaban J connectivity index is 1.65. The number of benzene rings is 2. The number of fused-ring (bicyclic) bond motifs is 1. The molecule has 146 valence electrons. The average molecular weight is 384 g/mol. The van der Waals surface area contributed by atoms with Crippen LogP contribution in [0, 0.1) is 10.1 Å². The molecule has 0 aliphatic carbocycles. The molecule has 0 saturated carbocycles. The van der Waals surface area contributed by atoms with E-state index in [9.17, 15) is 14.9 Å². The first kappa shape index (κ1) is 18.2. The van der Waals surface area contributed by atoms with Gasteiger partial charge in [0.25, 0.3) is 11.6 Å². The van der Waals surface area contributed by atoms with E-state index in [1.807, 2.05) is 37.3 Å². The minimum atomic E-state index is -0.565. The van der Waals surface area contributed by atoms with Gasteiger partial charge < -0.3 is 19.1 Å². The Morgan fingerprint density at radius 1 is 1.11 bits per heavy atom. The molecule has 0 radical (unpaired) electrons. The van der Waals surface area contributed by atoms with Gasteiger partial charge >= 0.3 is 0 Å². The number of nitro groups is 1. The minimum absolute atomic E-state index is 0.00448. The van der Waals surface area contributed by atoms with Crippen LogP contribution in [0.25, 0.3) is 0 Å². The second kappa shape index (κ2) is 7.47. The quantitative estimate of drug-likeness (QED) is 0.597. The van der Waals surface area contributed by atoms with Crippen LogP contribution in [0.2, 0.25) is 0 Å². The molecular weight excluding hydrogens is 364 g/mol. The molecule has 2 aromatic carbocycles. The van der Waals surface area contributed by atoms with Gasteiger partial charge in [-0.2, -0.15) is 0 Å². The van der Waals surface area contributed by atoms with Gasteiger partial charge in [-0.05, 0) is 12.5 Å². The number of nitro benzene ring substituents is 1. The van der Waals surface area contributed by atoms with Crippen molar-refractivity contribution in [3.63, 3.8) is 0 Å². The molecule has 0 spiro atoms. The van der Waals surface area contributed by atoms with Crippen LogP contribution in [-0.2, 0) is 4.74 Å². The second-order valence-electron chi connectivity index (χ2n) is 6.83. The van der Waals surface area contributed by atoms with Crippen molar-refractivity contribution >= 4 is 11.6 Å². The van der Waals surface area contributed by atoms with Crippen molar-refractivity contribution in [1.29, 1.82) is 0 Å². The number of carbonyl (C=O) groups excluding carboxylic acids is 1. The standard InChI is InChI=1S/C20H20N2O6/c1-13-11-21(12-19(28-13)14-5-3-2-4-6-14)20(23)15-9-17-18(27-8-7-26-17)10-16(15)22(24)25/h2-6,9-10,13,19H,7-8,11-12H2,1H3/t13-,19+/m1/s1. The smallest absolute Gasteiger partial charge is 0.286 e. The molecule has 0 unspecified atom stereocenters. The Labute approximate surface area is 161 Å². The van der Waals surface area contributed by atoms with E-state index >= 15 is 0 Å². The van der Waals surface area contributed by atoms with E-state index < -0.39 is 10.8 Å². The van der Waals surface area contributed by atoms with Crippen LogP contribution >= 0.6 is 0 Å². The number of carbonyl (C=O) groups is 1. The molecule has 2 aliphatic rings. The third kappa shape index (κ3) is 3.50. The first-order chi connectivity index (χ1) is 13.5. The van der Waals surface area contributed by atoms with Gasteiger partial charge in [-0.1, -0.05) is 30.3 Å². The Bertz CT molecular complexity index is 901. The summed E-state index contributed by atoms with van der Waals surface area (Å²) in [5.74, 6) is 0.216. The summed E-state index contributed by atoms with van der Waals surface area (Å²) in [6.07, 6.45) is -0.482. The first-order valence-electron chi connectivity index (χ1n) is 9.10. The van der Waals surface area contributed by atoms with Crippen LogP contribution in [0.1, 0.15) is 28.9 Å². The maximum Gasteiger partial charge on any atom is 0.286 e. The Morgan fingerprint density at radius 2 is 1.79 bits per heavy atom. The number of amides is 1. The van der Waals surface area contributed by atoms with Crippen molar-refractivity contribution in [3.8, 4) is 11.5 Å². The van der Waals surface area contributed by atoms with Gasteiger partial charge in [0.2, 0.25) is 0 Å². The lowest BCUT2D eigenvalue weighted by atomic mass is 10.0. The van der Waals surface area contributed by atoms with Crippen LogP contribution in [0.15, 0.2) is 42.5 Å². The fraction of sp³-hybridized carbons (Fsp3) is 0.350. The molecule has 28 heavy (non-hydrogen) atoms. The molecule has 8 nitrogen and oxygen atoms in total. The molecule has 0 N–H and O–H groups in total. The highest BCUT2D eigenvalue weighted by molar-refractivity contribution is 5.99. The number of hydrogen-bond acceptors (Lipinski definition) is 6. The third-order valence-electron chi connectivity index (χ3n) is 4.81. The van der Waals surface area contributed by atoms with E-state index in [2.05, 4.69) is 0 Å². The van der Waals surface area contributed by atoms with E-state index in [0.717, 1.165) is 5.56 Å². The molecular formula is C20H20N2O6. The molecule has 8 heteroatoms. The van der Waals surface area contributed by atoms with Gasteiger partial charge in [-0.25, -0.2) is 0 Å². The van der Waals surface area contributed by atoms with Crippen LogP contribution in [-0.4, -0.2) is 48.1 Å². The topological polar surface area (TPSA) is 91.1 Å². The molecule has 1 saturated heterocycles. The Kier molecular flexibility index (Phi) is 4.87. The summed E-state index contributed by atoms with van der Waals surface area (Å²) < 4.78 is 16.9. The molecule has 0 aromatic heterocycles. The molecule has 1 fully saturated rings. The number of morpholine rings is 1. The molecule has 4 rings (SSSR count).